The first-order valence-corrected chi connectivity index (χ1v) is 17.1. The molecule has 2 atom stereocenters. The van der Waals surface area contributed by atoms with E-state index in [0.29, 0.717) is 6.04 Å². The molecule has 3 aliphatic rings. The summed E-state index contributed by atoms with van der Waals surface area (Å²) in [5.74, 6) is 2.11. The van der Waals surface area contributed by atoms with Gasteiger partial charge in [-0.1, -0.05) is 80.2 Å². The number of fused-ring (bicyclic) bond motifs is 1. The van der Waals surface area contributed by atoms with E-state index >= 15 is 0 Å². The molecule has 1 aliphatic carbocycles. The van der Waals surface area contributed by atoms with Gasteiger partial charge in [-0.25, -0.2) is 0 Å². The number of allylic oxidation sites excluding steroid dienone is 5. The average Bonchev–Trinajstić information content (AvgIpc) is 3.78. The molecule has 0 bridgehead atoms. The Morgan fingerprint density at radius 2 is 1.89 bits per heavy atom. The van der Waals surface area contributed by atoms with Gasteiger partial charge in [-0.05, 0) is 77.0 Å². The minimum atomic E-state index is -0.196. The van der Waals surface area contributed by atoms with Crippen molar-refractivity contribution >= 4 is 25.2 Å². The molecule has 2 aromatic rings. The molecule has 3 heterocycles. The standard InChI is InChI=1S/C39H53BN4O/c1-8-17-28(4)24-34-31(10-3)36-27-43(36)35(26-42(34)7)29(9-2)20-21-30-25-37(45-39(5)22-15-11-12-16-23-39)44(38(30)41-6)33-19-14-13-18-32(33)40/h10,13-14,17-21,24-26,29,36,41H,8-9,11-12,15-16,22-23,27H2,1-7H3/b21-20+,28-17-,31-10+,34-24+. The van der Waals surface area contributed by atoms with Gasteiger partial charge in [0.1, 0.15) is 19.3 Å². The van der Waals surface area contributed by atoms with Gasteiger partial charge in [-0.2, -0.15) is 0 Å². The highest BCUT2D eigenvalue weighted by Crippen LogP contribution is 2.43. The first kappa shape index (κ1) is 32.8. The van der Waals surface area contributed by atoms with Crippen molar-refractivity contribution in [2.75, 3.05) is 26.0 Å². The summed E-state index contributed by atoms with van der Waals surface area (Å²) in [6, 6.07) is 10.7. The van der Waals surface area contributed by atoms with Gasteiger partial charge >= 0.3 is 0 Å². The van der Waals surface area contributed by atoms with E-state index in [2.05, 4.69) is 110 Å². The molecule has 1 N–H and O–H groups in total. The monoisotopic (exact) mass is 604 g/mol. The normalized spacial score (nSPS) is 22.7. The van der Waals surface area contributed by atoms with Crippen LogP contribution in [0.3, 0.4) is 0 Å². The van der Waals surface area contributed by atoms with Crippen molar-refractivity contribution in [2.24, 2.45) is 5.92 Å². The van der Waals surface area contributed by atoms with Crippen molar-refractivity contribution in [3.05, 3.63) is 88.9 Å². The Bertz CT molecular complexity index is 1500. The molecule has 5 nitrogen and oxygen atoms in total. The Labute approximate surface area is 273 Å². The number of nitrogens with zero attached hydrogens (tertiary/aromatic N) is 3. The molecule has 5 rings (SSSR count). The average molecular weight is 605 g/mol. The van der Waals surface area contributed by atoms with Gasteiger partial charge in [0.25, 0.3) is 0 Å². The van der Waals surface area contributed by atoms with Crippen molar-refractivity contribution < 1.29 is 4.74 Å². The smallest absolute Gasteiger partial charge is 0.200 e. The third-order valence-electron chi connectivity index (χ3n) is 9.76. The van der Waals surface area contributed by atoms with Crippen molar-refractivity contribution in [3.63, 3.8) is 0 Å². The quantitative estimate of drug-likeness (QED) is 0.168. The summed E-state index contributed by atoms with van der Waals surface area (Å²) in [6.07, 6.45) is 23.1. The highest BCUT2D eigenvalue weighted by Gasteiger charge is 2.43. The topological polar surface area (TPSA) is 32.4 Å². The van der Waals surface area contributed by atoms with Crippen molar-refractivity contribution in [1.29, 1.82) is 0 Å². The second kappa shape index (κ2) is 14.3. The molecule has 1 aromatic heterocycles. The van der Waals surface area contributed by atoms with E-state index < -0.39 is 0 Å². The summed E-state index contributed by atoms with van der Waals surface area (Å²) in [5, 5.41) is 3.50. The van der Waals surface area contributed by atoms with Crippen LogP contribution in [0.1, 0.15) is 91.5 Å². The first-order chi connectivity index (χ1) is 21.7. The lowest BCUT2D eigenvalue weighted by atomic mass is 9.94. The van der Waals surface area contributed by atoms with Crippen LogP contribution in [0.5, 0.6) is 5.88 Å². The number of para-hydroxylation sites is 1. The molecule has 1 saturated carbocycles. The summed E-state index contributed by atoms with van der Waals surface area (Å²) in [4.78, 5) is 4.90. The van der Waals surface area contributed by atoms with Crippen molar-refractivity contribution in [2.45, 2.75) is 97.6 Å². The lowest BCUT2D eigenvalue weighted by Gasteiger charge is -2.30. The zero-order valence-electron chi connectivity index (χ0n) is 28.7. The molecular formula is C39H53BN4O. The largest absolute Gasteiger partial charge is 0.472 e. The summed E-state index contributed by atoms with van der Waals surface area (Å²) >= 11 is 0. The van der Waals surface area contributed by atoms with E-state index in [1.54, 1.807) is 0 Å². The van der Waals surface area contributed by atoms with Crippen LogP contribution >= 0.6 is 0 Å². The lowest BCUT2D eigenvalue weighted by Crippen LogP contribution is -2.32. The number of anilines is 1. The lowest BCUT2D eigenvalue weighted by molar-refractivity contribution is 0.0651. The van der Waals surface area contributed by atoms with E-state index in [1.165, 1.54) is 48.2 Å². The molecule has 6 heteroatoms. The SMILES string of the molecule is [B]c1ccccc1-n1c(OC2(C)CCCCCC2)cc(/C=C/C(CC)C2=CN(C)C(=C/C(C)=C\CC)/C(=C\C)C3CN23)c1NC. The van der Waals surface area contributed by atoms with E-state index in [1.807, 2.05) is 25.2 Å². The molecule has 2 radical (unpaired) electrons. The third-order valence-corrected chi connectivity index (χ3v) is 9.76. The van der Waals surface area contributed by atoms with E-state index in [9.17, 15) is 0 Å². The van der Waals surface area contributed by atoms with Crippen LogP contribution in [0.2, 0.25) is 0 Å². The number of hydrogen-bond donors (Lipinski definition) is 1. The Hall–Kier alpha value is -3.54. The minimum Gasteiger partial charge on any atom is -0.472 e. The van der Waals surface area contributed by atoms with Crippen LogP contribution in [0.25, 0.3) is 11.8 Å². The maximum Gasteiger partial charge on any atom is 0.200 e. The summed E-state index contributed by atoms with van der Waals surface area (Å²) < 4.78 is 9.14. The number of benzene rings is 1. The maximum absolute atomic E-state index is 6.97. The zero-order chi connectivity index (χ0) is 32.1. The number of ether oxygens (including phenoxy) is 1. The fourth-order valence-corrected chi connectivity index (χ4v) is 7.23. The summed E-state index contributed by atoms with van der Waals surface area (Å²) in [6.45, 7) is 12.2. The second-order valence-corrected chi connectivity index (χ2v) is 13.2. The first-order valence-electron chi connectivity index (χ1n) is 17.1. The molecule has 45 heavy (non-hydrogen) atoms. The maximum atomic E-state index is 6.97. The Morgan fingerprint density at radius 3 is 2.53 bits per heavy atom. The van der Waals surface area contributed by atoms with Crippen LogP contribution in [0, 0.1) is 5.92 Å². The van der Waals surface area contributed by atoms with Gasteiger partial charge in [0.05, 0.1) is 6.04 Å². The van der Waals surface area contributed by atoms with Crippen LogP contribution < -0.4 is 15.5 Å². The van der Waals surface area contributed by atoms with Crippen LogP contribution in [-0.2, 0) is 0 Å². The predicted octanol–water partition coefficient (Wildman–Crippen LogP) is 8.50. The molecule has 1 saturated heterocycles. The van der Waals surface area contributed by atoms with Gasteiger partial charge in [0.2, 0.25) is 5.88 Å². The zero-order valence-corrected chi connectivity index (χ0v) is 28.7. The molecule has 2 unspecified atom stereocenters. The van der Waals surface area contributed by atoms with Gasteiger partial charge in [-0.3, -0.25) is 4.57 Å². The Morgan fingerprint density at radius 1 is 1.16 bits per heavy atom. The van der Waals surface area contributed by atoms with E-state index in [-0.39, 0.29) is 11.5 Å². The third kappa shape index (κ3) is 7.16. The fourth-order valence-electron chi connectivity index (χ4n) is 7.23. The molecular weight excluding hydrogens is 551 g/mol. The number of nitrogens with one attached hydrogen (secondary N) is 1. The summed E-state index contributed by atoms with van der Waals surface area (Å²) in [7, 11) is 10.7. The number of aromatic nitrogens is 1. The van der Waals surface area contributed by atoms with Gasteiger partial charge in [-0.15, -0.1) is 0 Å². The molecule has 2 fully saturated rings. The van der Waals surface area contributed by atoms with E-state index in [0.717, 1.165) is 60.6 Å². The molecule has 0 amide bonds. The number of rotatable bonds is 10. The Balaban J connectivity index is 1.52. The Kier molecular flexibility index (Phi) is 10.4. The highest BCUT2D eigenvalue weighted by molar-refractivity contribution is 6.34. The predicted molar refractivity (Wildman–Crippen MR) is 192 cm³/mol. The molecule has 238 valence electrons. The number of likely N-dealkylation sites (N-methyl/N-ethyl adjacent to an activating group) is 1. The van der Waals surface area contributed by atoms with Crippen LogP contribution in [0.15, 0.2) is 83.4 Å². The van der Waals surface area contributed by atoms with Crippen molar-refractivity contribution in [1.82, 2.24) is 14.4 Å². The summed E-state index contributed by atoms with van der Waals surface area (Å²) in [5.41, 5.74) is 7.97. The van der Waals surface area contributed by atoms with Crippen molar-refractivity contribution in [3.8, 4) is 11.6 Å². The molecule has 1 aromatic carbocycles. The minimum absolute atomic E-state index is 0.196. The fraction of sp³-hybridized carbons (Fsp3) is 0.487. The van der Waals surface area contributed by atoms with Crippen LogP contribution in [-0.4, -0.2) is 54.5 Å². The van der Waals surface area contributed by atoms with Gasteiger partial charge in [0, 0.05) is 61.5 Å². The van der Waals surface area contributed by atoms with E-state index in [4.69, 9.17) is 12.6 Å². The van der Waals surface area contributed by atoms with Crippen LogP contribution in [0.4, 0.5) is 5.82 Å². The van der Waals surface area contributed by atoms with Gasteiger partial charge < -0.3 is 19.9 Å². The number of hydrogen-bond acceptors (Lipinski definition) is 4. The molecule has 0 spiro atoms. The van der Waals surface area contributed by atoms with Gasteiger partial charge in [0.15, 0.2) is 0 Å². The highest BCUT2D eigenvalue weighted by atomic mass is 16.5. The molecule has 2 aliphatic heterocycles. The second-order valence-electron chi connectivity index (χ2n) is 13.2.